The third-order valence-corrected chi connectivity index (χ3v) is 3.44. The second-order valence-electron chi connectivity index (χ2n) is 4.77. The summed E-state index contributed by atoms with van der Waals surface area (Å²) < 4.78 is 0. The van der Waals surface area contributed by atoms with Crippen molar-refractivity contribution in [2.24, 2.45) is 0 Å². The minimum absolute atomic E-state index is 0.0971. The highest BCUT2D eigenvalue weighted by Crippen LogP contribution is 2.30. The van der Waals surface area contributed by atoms with Crippen molar-refractivity contribution in [1.29, 1.82) is 0 Å². The van der Waals surface area contributed by atoms with Crippen LogP contribution in [0.1, 0.15) is 35.2 Å². The zero-order valence-corrected chi connectivity index (χ0v) is 11.8. The Morgan fingerprint density at radius 1 is 1.16 bits per heavy atom. The Hall–Kier alpha value is -1.87. The van der Waals surface area contributed by atoms with E-state index in [0.29, 0.717) is 5.82 Å². The van der Waals surface area contributed by atoms with Crippen LogP contribution >= 0.6 is 0 Å². The molecule has 1 heterocycles. The van der Waals surface area contributed by atoms with E-state index in [2.05, 4.69) is 55.3 Å². The molecular weight excluding hydrogens is 234 g/mol. The predicted octanol–water partition coefficient (Wildman–Crippen LogP) is 2.98. The average Bonchev–Trinajstić information content (AvgIpc) is 2.38. The number of nitrogen functional groups attached to an aromatic ring is 1. The van der Waals surface area contributed by atoms with Crippen LogP contribution in [0.3, 0.4) is 0 Å². The van der Waals surface area contributed by atoms with E-state index in [1.807, 2.05) is 6.07 Å². The van der Waals surface area contributed by atoms with Gasteiger partial charge >= 0.3 is 0 Å². The van der Waals surface area contributed by atoms with Crippen molar-refractivity contribution >= 4 is 5.82 Å². The lowest BCUT2D eigenvalue weighted by molar-refractivity contribution is 0.624. The van der Waals surface area contributed by atoms with Crippen LogP contribution < -0.4 is 11.1 Å². The Morgan fingerprint density at radius 2 is 1.89 bits per heavy atom. The molecule has 0 spiro atoms. The SMILES string of the molecule is CCNC(c1ccccc1C)c1c(C)ccnc1N. The number of aryl methyl sites for hydroxylation is 2. The zero-order valence-electron chi connectivity index (χ0n) is 11.8. The van der Waals surface area contributed by atoms with E-state index in [1.165, 1.54) is 16.7 Å². The summed E-state index contributed by atoms with van der Waals surface area (Å²) in [6, 6.07) is 10.5. The maximum atomic E-state index is 6.09. The van der Waals surface area contributed by atoms with Crippen molar-refractivity contribution in [3.05, 3.63) is 58.8 Å². The fraction of sp³-hybridized carbons (Fsp3) is 0.312. The van der Waals surface area contributed by atoms with Crippen LogP contribution in [-0.4, -0.2) is 11.5 Å². The van der Waals surface area contributed by atoms with Gasteiger partial charge in [0.05, 0.1) is 6.04 Å². The first kappa shape index (κ1) is 13.6. The summed E-state index contributed by atoms with van der Waals surface area (Å²) in [6.45, 7) is 7.19. The van der Waals surface area contributed by atoms with Crippen molar-refractivity contribution in [2.45, 2.75) is 26.8 Å². The molecule has 0 fully saturated rings. The highest BCUT2D eigenvalue weighted by Gasteiger charge is 2.19. The van der Waals surface area contributed by atoms with Gasteiger partial charge in [0.25, 0.3) is 0 Å². The minimum Gasteiger partial charge on any atom is -0.383 e. The lowest BCUT2D eigenvalue weighted by Gasteiger charge is -2.23. The summed E-state index contributed by atoms with van der Waals surface area (Å²) in [6.07, 6.45) is 1.76. The van der Waals surface area contributed by atoms with Crippen LogP contribution in [0, 0.1) is 13.8 Å². The van der Waals surface area contributed by atoms with Gasteiger partial charge in [-0.3, -0.25) is 0 Å². The van der Waals surface area contributed by atoms with E-state index in [4.69, 9.17) is 5.73 Å². The molecule has 0 saturated carbocycles. The topological polar surface area (TPSA) is 50.9 Å². The number of nitrogens with two attached hydrogens (primary N) is 1. The number of nitrogens with one attached hydrogen (secondary N) is 1. The second-order valence-corrected chi connectivity index (χ2v) is 4.77. The Balaban J connectivity index is 2.55. The first-order valence-corrected chi connectivity index (χ1v) is 6.65. The Kier molecular flexibility index (Phi) is 4.17. The molecule has 2 rings (SSSR count). The second kappa shape index (κ2) is 5.85. The molecular formula is C16H21N3. The summed E-state index contributed by atoms with van der Waals surface area (Å²) >= 11 is 0. The van der Waals surface area contributed by atoms with Gasteiger partial charge < -0.3 is 11.1 Å². The van der Waals surface area contributed by atoms with Crippen LogP contribution in [0.2, 0.25) is 0 Å². The minimum atomic E-state index is 0.0971. The number of pyridine rings is 1. The molecule has 0 amide bonds. The number of aromatic nitrogens is 1. The third-order valence-electron chi connectivity index (χ3n) is 3.44. The van der Waals surface area contributed by atoms with Gasteiger partial charge in [0, 0.05) is 11.8 Å². The van der Waals surface area contributed by atoms with Crippen LogP contribution in [0.5, 0.6) is 0 Å². The summed E-state index contributed by atoms with van der Waals surface area (Å²) in [4.78, 5) is 4.24. The summed E-state index contributed by atoms with van der Waals surface area (Å²) in [5.74, 6) is 0.606. The molecule has 0 aliphatic rings. The molecule has 1 aromatic heterocycles. The standard InChI is InChI=1S/C16H21N3/c1-4-18-15(13-8-6-5-7-11(13)2)14-12(3)9-10-19-16(14)17/h5-10,15,18H,4H2,1-3H3,(H2,17,19). The molecule has 0 saturated heterocycles. The number of anilines is 1. The van der Waals surface area contributed by atoms with E-state index in [-0.39, 0.29) is 6.04 Å². The molecule has 1 aromatic carbocycles. The van der Waals surface area contributed by atoms with Crippen molar-refractivity contribution in [3.63, 3.8) is 0 Å². The predicted molar refractivity (Wildman–Crippen MR) is 80.1 cm³/mol. The van der Waals surface area contributed by atoms with Gasteiger partial charge in [0.15, 0.2) is 0 Å². The maximum absolute atomic E-state index is 6.09. The van der Waals surface area contributed by atoms with Crippen LogP contribution in [0.25, 0.3) is 0 Å². The van der Waals surface area contributed by atoms with Crippen molar-refractivity contribution in [1.82, 2.24) is 10.3 Å². The molecule has 0 aliphatic heterocycles. The molecule has 19 heavy (non-hydrogen) atoms. The van der Waals surface area contributed by atoms with Crippen LogP contribution in [0.15, 0.2) is 36.5 Å². The van der Waals surface area contributed by atoms with Gasteiger partial charge in [-0.2, -0.15) is 0 Å². The average molecular weight is 255 g/mol. The third kappa shape index (κ3) is 2.76. The Morgan fingerprint density at radius 3 is 2.53 bits per heavy atom. The number of hydrogen-bond acceptors (Lipinski definition) is 3. The van der Waals surface area contributed by atoms with Gasteiger partial charge in [-0.25, -0.2) is 4.98 Å². The molecule has 3 N–H and O–H groups in total. The largest absolute Gasteiger partial charge is 0.383 e. The Labute approximate surface area is 114 Å². The highest BCUT2D eigenvalue weighted by molar-refractivity contribution is 5.51. The van der Waals surface area contributed by atoms with Gasteiger partial charge in [-0.05, 0) is 43.1 Å². The first-order valence-electron chi connectivity index (χ1n) is 6.65. The van der Waals surface area contributed by atoms with E-state index >= 15 is 0 Å². The molecule has 1 atom stereocenters. The fourth-order valence-corrected chi connectivity index (χ4v) is 2.45. The molecule has 3 heteroatoms. The lowest BCUT2D eigenvalue weighted by atomic mass is 9.92. The number of hydrogen-bond donors (Lipinski definition) is 2. The van der Waals surface area contributed by atoms with Gasteiger partial charge in [0.1, 0.15) is 5.82 Å². The monoisotopic (exact) mass is 255 g/mol. The van der Waals surface area contributed by atoms with Crippen molar-refractivity contribution in [3.8, 4) is 0 Å². The smallest absolute Gasteiger partial charge is 0.128 e. The lowest BCUT2D eigenvalue weighted by Crippen LogP contribution is -2.25. The van der Waals surface area contributed by atoms with E-state index < -0.39 is 0 Å². The maximum Gasteiger partial charge on any atom is 0.128 e. The van der Waals surface area contributed by atoms with Crippen LogP contribution in [-0.2, 0) is 0 Å². The van der Waals surface area contributed by atoms with Gasteiger partial charge in [0.2, 0.25) is 0 Å². The molecule has 1 unspecified atom stereocenters. The van der Waals surface area contributed by atoms with Crippen LogP contribution in [0.4, 0.5) is 5.82 Å². The van der Waals surface area contributed by atoms with Crippen molar-refractivity contribution in [2.75, 3.05) is 12.3 Å². The molecule has 3 nitrogen and oxygen atoms in total. The van der Waals surface area contributed by atoms with Crippen molar-refractivity contribution < 1.29 is 0 Å². The molecule has 0 bridgehead atoms. The quantitative estimate of drug-likeness (QED) is 0.883. The summed E-state index contributed by atoms with van der Waals surface area (Å²) in [5.41, 5.74) is 10.9. The Bertz CT molecular complexity index is 543. The van der Waals surface area contributed by atoms with Gasteiger partial charge in [-0.1, -0.05) is 31.2 Å². The first-order chi connectivity index (χ1) is 9.15. The molecule has 0 radical (unpaired) electrons. The molecule has 0 aliphatic carbocycles. The fourth-order valence-electron chi connectivity index (χ4n) is 2.45. The summed E-state index contributed by atoms with van der Waals surface area (Å²) in [7, 11) is 0. The zero-order chi connectivity index (χ0) is 13.8. The number of nitrogens with zero attached hydrogens (tertiary/aromatic N) is 1. The van der Waals surface area contributed by atoms with Gasteiger partial charge in [-0.15, -0.1) is 0 Å². The normalized spacial score (nSPS) is 12.4. The number of rotatable bonds is 4. The van der Waals surface area contributed by atoms with E-state index in [1.54, 1.807) is 6.20 Å². The highest BCUT2D eigenvalue weighted by atomic mass is 14.9. The summed E-state index contributed by atoms with van der Waals surface area (Å²) in [5, 5.41) is 3.52. The molecule has 100 valence electrons. The van der Waals surface area contributed by atoms with E-state index in [0.717, 1.165) is 12.1 Å². The van der Waals surface area contributed by atoms with E-state index in [9.17, 15) is 0 Å². The molecule has 2 aromatic rings. The number of benzene rings is 1.